The van der Waals surface area contributed by atoms with E-state index in [0.29, 0.717) is 11.8 Å². The Morgan fingerprint density at radius 1 is 1.15 bits per heavy atom. The van der Waals surface area contributed by atoms with Crippen LogP contribution in [-0.4, -0.2) is 30.3 Å². The Balaban J connectivity index is 0.000000659. The molecule has 1 aromatic carbocycles. The van der Waals surface area contributed by atoms with Gasteiger partial charge in [-0.2, -0.15) is 0 Å². The van der Waals surface area contributed by atoms with Crippen LogP contribution in [0, 0.1) is 17.3 Å². The summed E-state index contributed by atoms with van der Waals surface area (Å²) in [5, 5.41) is 20.6. The van der Waals surface area contributed by atoms with Gasteiger partial charge in [0.25, 0.3) is 0 Å². The van der Waals surface area contributed by atoms with Gasteiger partial charge in [-0.15, -0.1) is 5.11 Å². The topological polar surface area (TPSA) is 48.2 Å². The quantitative estimate of drug-likeness (QED) is 0.521. The molecule has 0 aliphatic heterocycles. The molecular weight excluding hydrogens is 334 g/mol. The van der Waals surface area contributed by atoms with Crippen LogP contribution < -0.4 is 0 Å². The van der Waals surface area contributed by atoms with Crippen LogP contribution in [0.4, 0.5) is 5.69 Å². The molecule has 2 fully saturated rings. The molecule has 4 nitrogen and oxygen atoms in total. The molecule has 0 bridgehead atoms. The third-order valence-electron chi connectivity index (χ3n) is 7.00. The second-order valence-corrected chi connectivity index (χ2v) is 9.18. The summed E-state index contributed by atoms with van der Waals surface area (Å²) in [6, 6.07) is 6.64. The van der Waals surface area contributed by atoms with E-state index in [4.69, 9.17) is 0 Å². The van der Waals surface area contributed by atoms with E-state index in [1.54, 1.807) is 10.6 Å². The number of rotatable bonds is 2. The summed E-state index contributed by atoms with van der Waals surface area (Å²) in [7, 11) is 3.78. The van der Waals surface area contributed by atoms with Crippen LogP contribution in [0.3, 0.4) is 0 Å². The Labute approximate surface area is 165 Å². The van der Waals surface area contributed by atoms with Crippen molar-refractivity contribution in [1.29, 1.82) is 0 Å². The van der Waals surface area contributed by atoms with Crippen molar-refractivity contribution in [3.63, 3.8) is 0 Å². The highest BCUT2D eigenvalue weighted by atomic mass is 16.3. The first-order valence-electron chi connectivity index (χ1n) is 10.8. The highest BCUT2D eigenvalue weighted by molar-refractivity contribution is 5.46. The minimum Gasteiger partial charge on any atom is -0.393 e. The van der Waals surface area contributed by atoms with Gasteiger partial charge in [0, 0.05) is 14.1 Å². The smallest absolute Gasteiger partial charge is 0.0877 e. The van der Waals surface area contributed by atoms with E-state index in [0.717, 1.165) is 24.4 Å². The lowest BCUT2D eigenvalue weighted by atomic mass is 9.55. The third kappa shape index (κ3) is 3.91. The Hall–Kier alpha value is -1.42. The van der Waals surface area contributed by atoms with Crippen LogP contribution in [0.15, 0.2) is 28.5 Å². The van der Waals surface area contributed by atoms with Gasteiger partial charge in [0.05, 0.1) is 11.8 Å². The fourth-order valence-corrected chi connectivity index (χ4v) is 5.74. The fourth-order valence-electron chi connectivity index (χ4n) is 5.74. The van der Waals surface area contributed by atoms with Crippen LogP contribution in [0.25, 0.3) is 0 Å². The first-order chi connectivity index (χ1) is 12.9. The molecule has 0 amide bonds. The average molecular weight is 372 g/mol. The second kappa shape index (κ2) is 8.30. The summed E-state index contributed by atoms with van der Waals surface area (Å²) in [6.07, 6.45) is 8.17. The fraction of sp³-hybridized carbons (Fsp3) is 0.739. The average Bonchev–Trinajstić information content (AvgIpc) is 2.95. The molecule has 0 aromatic heterocycles. The van der Waals surface area contributed by atoms with Crippen molar-refractivity contribution in [1.82, 2.24) is 5.01 Å². The van der Waals surface area contributed by atoms with E-state index >= 15 is 0 Å². The Bertz CT molecular complexity index is 672. The number of hydrogen-bond donors (Lipinski definition) is 1. The molecule has 0 saturated heterocycles. The summed E-state index contributed by atoms with van der Waals surface area (Å²) in [5.74, 6) is 2.13. The molecule has 0 heterocycles. The van der Waals surface area contributed by atoms with Gasteiger partial charge in [0.15, 0.2) is 0 Å². The SMILES string of the molecule is CCC.CN(C)N=Nc1ccc2c(c1)CCC1C2CCC2(C)C(O)CCC12. The van der Waals surface area contributed by atoms with Crippen LogP contribution in [0.5, 0.6) is 0 Å². The first kappa shape index (κ1) is 20.3. The van der Waals surface area contributed by atoms with Crippen LogP contribution >= 0.6 is 0 Å². The molecule has 5 unspecified atom stereocenters. The summed E-state index contributed by atoms with van der Waals surface area (Å²) < 4.78 is 0. The molecule has 0 radical (unpaired) electrons. The molecule has 5 atom stereocenters. The van der Waals surface area contributed by atoms with Gasteiger partial charge < -0.3 is 5.11 Å². The number of aryl methyl sites for hydroxylation is 1. The Morgan fingerprint density at radius 2 is 1.89 bits per heavy atom. The lowest BCUT2D eigenvalue weighted by Crippen LogP contribution is -2.43. The monoisotopic (exact) mass is 371 g/mol. The van der Waals surface area contributed by atoms with E-state index in [1.807, 2.05) is 14.1 Å². The van der Waals surface area contributed by atoms with Crippen LogP contribution in [0.1, 0.15) is 76.3 Å². The number of aliphatic hydroxyl groups is 1. The molecule has 3 aliphatic rings. The molecule has 3 aliphatic carbocycles. The number of benzene rings is 1. The number of fused-ring (bicyclic) bond motifs is 5. The van der Waals surface area contributed by atoms with Crippen molar-refractivity contribution >= 4 is 5.69 Å². The maximum absolute atomic E-state index is 10.5. The van der Waals surface area contributed by atoms with Gasteiger partial charge in [0.2, 0.25) is 0 Å². The zero-order chi connectivity index (χ0) is 19.6. The van der Waals surface area contributed by atoms with E-state index in [1.165, 1.54) is 37.7 Å². The maximum Gasteiger partial charge on any atom is 0.0877 e. The third-order valence-corrected chi connectivity index (χ3v) is 7.00. The van der Waals surface area contributed by atoms with Gasteiger partial charge >= 0.3 is 0 Å². The molecule has 150 valence electrons. The molecule has 1 N–H and O–H groups in total. The maximum atomic E-state index is 10.5. The Kier molecular flexibility index (Phi) is 6.25. The largest absolute Gasteiger partial charge is 0.393 e. The van der Waals surface area contributed by atoms with Gasteiger partial charge in [-0.1, -0.05) is 38.5 Å². The molecule has 2 saturated carbocycles. The molecular formula is C23H37N3O. The van der Waals surface area contributed by atoms with E-state index in [2.05, 4.69) is 49.3 Å². The van der Waals surface area contributed by atoms with Crippen molar-refractivity contribution in [2.24, 2.45) is 27.6 Å². The second-order valence-electron chi connectivity index (χ2n) is 9.18. The number of aliphatic hydroxyl groups excluding tert-OH is 1. The Morgan fingerprint density at radius 3 is 2.59 bits per heavy atom. The molecule has 1 aromatic rings. The van der Waals surface area contributed by atoms with Gasteiger partial charge in [-0.3, -0.25) is 5.01 Å². The standard InChI is InChI=1S/C20H29N3O.C3H8/c1-20-11-10-16-15-7-5-14(21-22-23(2)3)12-13(15)4-6-17(16)18(20)8-9-19(20)24;1-3-2/h5,7,12,16-19,24H,4,6,8-11H2,1-3H3;3H2,1-2H3. The van der Waals surface area contributed by atoms with Crippen molar-refractivity contribution in [2.45, 2.75) is 77.7 Å². The van der Waals surface area contributed by atoms with E-state index in [9.17, 15) is 5.11 Å². The molecule has 0 spiro atoms. The van der Waals surface area contributed by atoms with Gasteiger partial charge in [0.1, 0.15) is 0 Å². The lowest BCUT2D eigenvalue weighted by Gasteiger charge is -2.50. The summed E-state index contributed by atoms with van der Waals surface area (Å²) >= 11 is 0. The minimum atomic E-state index is -0.0846. The lowest BCUT2D eigenvalue weighted by molar-refractivity contribution is -0.0226. The van der Waals surface area contributed by atoms with Crippen molar-refractivity contribution in [3.05, 3.63) is 29.3 Å². The van der Waals surface area contributed by atoms with Crippen molar-refractivity contribution in [2.75, 3.05) is 14.1 Å². The predicted octanol–water partition coefficient (Wildman–Crippen LogP) is 5.88. The number of hydrogen-bond acceptors (Lipinski definition) is 3. The normalized spacial score (nSPS) is 34.3. The molecule has 4 heteroatoms. The van der Waals surface area contributed by atoms with Crippen LogP contribution in [0.2, 0.25) is 0 Å². The highest BCUT2D eigenvalue weighted by Gasteiger charge is 2.54. The molecule has 27 heavy (non-hydrogen) atoms. The predicted molar refractivity (Wildman–Crippen MR) is 111 cm³/mol. The summed E-state index contributed by atoms with van der Waals surface area (Å²) in [4.78, 5) is 0. The van der Waals surface area contributed by atoms with Crippen molar-refractivity contribution in [3.8, 4) is 0 Å². The zero-order valence-electron chi connectivity index (χ0n) is 17.8. The van der Waals surface area contributed by atoms with E-state index < -0.39 is 0 Å². The summed E-state index contributed by atoms with van der Waals surface area (Å²) in [5.41, 5.74) is 4.13. The summed E-state index contributed by atoms with van der Waals surface area (Å²) in [6.45, 7) is 6.59. The first-order valence-corrected chi connectivity index (χ1v) is 10.8. The number of nitrogens with zero attached hydrogens (tertiary/aromatic N) is 3. The molecule has 4 rings (SSSR count). The zero-order valence-corrected chi connectivity index (χ0v) is 17.8. The van der Waals surface area contributed by atoms with Crippen molar-refractivity contribution < 1.29 is 5.11 Å². The highest BCUT2D eigenvalue weighted by Crippen LogP contribution is 2.60. The minimum absolute atomic E-state index is 0.0846. The van der Waals surface area contributed by atoms with Crippen LogP contribution in [-0.2, 0) is 6.42 Å². The van der Waals surface area contributed by atoms with Gasteiger partial charge in [-0.25, -0.2) is 0 Å². The van der Waals surface area contributed by atoms with E-state index in [-0.39, 0.29) is 11.5 Å². The van der Waals surface area contributed by atoms with Gasteiger partial charge in [-0.05, 0) is 85.0 Å².